The highest BCUT2D eigenvalue weighted by atomic mass is 35.5. The second-order valence-corrected chi connectivity index (χ2v) is 6.69. The minimum atomic E-state index is -0.881. The molecule has 2 aromatic rings. The van der Waals surface area contributed by atoms with Crippen LogP contribution in [0.25, 0.3) is 6.08 Å². The third-order valence-electron chi connectivity index (χ3n) is 3.95. The molecule has 29 heavy (non-hydrogen) atoms. The first-order valence-electron chi connectivity index (χ1n) is 8.63. The summed E-state index contributed by atoms with van der Waals surface area (Å²) in [6, 6.07) is 9.44. The summed E-state index contributed by atoms with van der Waals surface area (Å²) < 4.78 is 5.68. The molecule has 2 aromatic carbocycles. The summed E-state index contributed by atoms with van der Waals surface area (Å²) in [5.41, 5.74) is 6.17. The largest absolute Gasteiger partial charge is 0.480 e. The van der Waals surface area contributed by atoms with E-state index in [0.29, 0.717) is 10.8 Å². The minimum Gasteiger partial charge on any atom is -0.480 e. The summed E-state index contributed by atoms with van der Waals surface area (Å²) in [4.78, 5) is 34.5. The van der Waals surface area contributed by atoms with Crippen LogP contribution in [-0.4, -0.2) is 22.8 Å². The van der Waals surface area contributed by atoms with Gasteiger partial charge in [-0.1, -0.05) is 23.7 Å². The number of ether oxygens (including phenoxy) is 1. The van der Waals surface area contributed by atoms with Crippen LogP contribution in [0.2, 0.25) is 5.02 Å². The molecule has 0 saturated carbocycles. The maximum atomic E-state index is 12.2. The number of amides is 2. The molecule has 1 atom stereocenters. The first-order chi connectivity index (χ1) is 13.7. The molecule has 0 fully saturated rings. The second-order valence-electron chi connectivity index (χ2n) is 6.26. The first kappa shape index (κ1) is 21.9. The third-order valence-corrected chi connectivity index (χ3v) is 4.16. The van der Waals surface area contributed by atoms with Crippen molar-refractivity contribution < 1.29 is 19.2 Å². The van der Waals surface area contributed by atoms with E-state index in [-0.39, 0.29) is 11.3 Å². The summed E-state index contributed by atoms with van der Waals surface area (Å²) in [7, 11) is 0. The zero-order valence-electron chi connectivity index (χ0n) is 16.1. The molecular formula is C20H20ClN3O5. The summed E-state index contributed by atoms with van der Waals surface area (Å²) in [5, 5.41) is 11.5. The Morgan fingerprint density at radius 1 is 1.17 bits per heavy atom. The van der Waals surface area contributed by atoms with Crippen LogP contribution in [0.4, 0.5) is 5.69 Å². The van der Waals surface area contributed by atoms with Crippen LogP contribution in [0.5, 0.6) is 5.75 Å². The van der Waals surface area contributed by atoms with Crippen LogP contribution in [0.15, 0.2) is 42.5 Å². The molecular weight excluding hydrogens is 398 g/mol. The number of hydrogen-bond donors (Lipinski definition) is 2. The van der Waals surface area contributed by atoms with Crippen LogP contribution in [0.1, 0.15) is 23.6 Å². The highest BCUT2D eigenvalue weighted by molar-refractivity contribution is 6.30. The molecule has 0 aliphatic carbocycles. The Hall–Kier alpha value is -3.39. The number of nitro benzene ring substituents is 1. The number of rotatable bonds is 6. The number of nitrogens with zero attached hydrogens (tertiary/aromatic N) is 1. The topological polar surface area (TPSA) is 111 Å². The zero-order chi connectivity index (χ0) is 21.6. The van der Waals surface area contributed by atoms with Crippen LogP contribution < -0.4 is 15.6 Å². The predicted octanol–water partition coefficient (Wildman–Crippen LogP) is 3.49. The molecule has 8 nitrogen and oxygen atoms in total. The molecule has 0 spiro atoms. The fourth-order valence-corrected chi connectivity index (χ4v) is 2.87. The number of hydrazine groups is 1. The average Bonchev–Trinajstić information content (AvgIpc) is 2.67. The van der Waals surface area contributed by atoms with E-state index in [9.17, 15) is 19.7 Å². The van der Waals surface area contributed by atoms with Gasteiger partial charge in [-0.05, 0) is 56.2 Å². The van der Waals surface area contributed by atoms with Crippen molar-refractivity contribution in [3.8, 4) is 5.75 Å². The molecule has 152 valence electrons. The number of aryl methyl sites for hydroxylation is 2. The number of nitro groups is 1. The molecule has 9 heteroatoms. The van der Waals surface area contributed by atoms with E-state index in [1.807, 2.05) is 13.8 Å². The van der Waals surface area contributed by atoms with E-state index in [4.69, 9.17) is 16.3 Å². The number of carbonyl (C=O) groups is 2. The molecule has 0 aromatic heterocycles. The summed E-state index contributed by atoms with van der Waals surface area (Å²) in [6.45, 7) is 5.17. The van der Waals surface area contributed by atoms with Gasteiger partial charge in [0.2, 0.25) is 0 Å². The SMILES string of the molecule is Cc1cc(Cl)cc(C)c1OC(C)C(=O)NNC(=O)/C=C/c1ccccc1[N+](=O)[O-]. The van der Waals surface area contributed by atoms with Crippen molar-refractivity contribution in [1.29, 1.82) is 0 Å². The molecule has 0 radical (unpaired) electrons. The maximum absolute atomic E-state index is 12.2. The van der Waals surface area contributed by atoms with Crippen molar-refractivity contribution in [3.05, 3.63) is 74.3 Å². The van der Waals surface area contributed by atoms with Crippen molar-refractivity contribution >= 4 is 35.2 Å². The van der Waals surface area contributed by atoms with E-state index in [1.165, 1.54) is 31.2 Å². The molecule has 2 rings (SSSR count). The van der Waals surface area contributed by atoms with Gasteiger partial charge in [0.1, 0.15) is 5.75 Å². The Bertz CT molecular complexity index is 951. The first-order valence-corrected chi connectivity index (χ1v) is 9.01. The monoisotopic (exact) mass is 417 g/mol. The lowest BCUT2D eigenvalue weighted by Crippen LogP contribution is -2.46. The van der Waals surface area contributed by atoms with Gasteiger partial charge < -0.3 is 4.74 Å². The fourth-order valence-electron chi connectivity index (χ4n) is 2.54. The normalized spacial score (nSPS) is 11.7. The Morgan fingerprint density at radius 2 is 1.79 bits per heavy atom. The number of carbonyl (C=O) groups excluding carboxylic acids is 2. The van der Waals surface area contributed by atoms with Gasteiger partial charge in [-0.25, -0.2) is 0 Å². The minimum absolute atomic E-state index is 0.128. The lowest BCUT2D eigenvalue weighted by molar-refractivity contribution is -0.385. The van der Waals surface area contributed by atoms with Gasteiger partial charge in [0.25, 0.3) is 17.5 Å². The van der Waals surface area contributed by atoms with E-state index in [0.717, 1.165) is 17.2 Å². The highest BCUT2D eigenvalue weighted by Crippen LogP contribution is 2.27. The van der Waals surface area contributed by atoms with Gasteiger partial charge in [0.05, 0.1) is 10.5 Å². The smallest absolute Gasteiger partial charge is 0.279 e. The molecule has 0 saturated heterocycles. The van der Waals surface area contributed by atoms with Crippen LogP contribution >= 0.6 is 11.6 Å². The number of hydrogen-bond acceptors (Lipinski definition) is 5. The number of nitrogens with one attached hydrogen (secondary N) is 2. The van der Waals surface area contributed by atoms with Gasteiger partial charge in [-0.3, -0.25) is 30.6 Å². The molecule has 0 aliphatic heterocycles. The lowest BCUT2D eigenvalue weighted by atomic mass is 10.1. The van der Waals surface area contributed by atoms with E-state index >= 15 is 0 Å². The Labute approximate surface area is 172 Å². The summed E-state index contributed by atoms with van der Waals surface area (Å²) in [5.74, 6) is -0.673. The molecule has 1 unspecified atom stereocenters. The standard InChI is InChI=1S/C20H20ClN3O5/c1-12-10-16(21)11-13(2)19(12)29-14(3)20(26)23-22-18(25)9-8-15-6-4-5-7-17(15)24(27)28/h4-11,14H,1-3H3,(H,22,25)(H,23,26)/b9-8+. The second kappa shape index (κ2) is 9.70. The van der Waals surface area contributed by atoms with Crippen LogP contribution in [0.3, 0.4) is 0 Å². The molecule has 2 N–H and O–H groups in total. The Morgan fingerprint density at radius 3 is 2.41 bits per heavy atom. The van der Waals surface area contributed by atoms with Crippen molar-refractivity contribution in [1.82, 2.24) is 10.9 Å². The van der Waals surface area contributed by atoms with Crippen molar-refractivity contribution in [2.75, 3.05) is 0 Å². The van der Waals surface area contributed by atoms with Gasteiger partial charge in [0.15, 0.2) is 6.10 Å². The van der Waals surface area contributed by atoms with Gasteiger partial charge in [-0.15, -0.1) is 0 Å². The van der Waals surface area contributed by atoms with Crippen molar-refractivity contribution in [2.24, 2.45) is 0 Å². The average molecular weight is 418 g/mol. The van der Waals surface area contributed by atoms with E-state index < -0.39 is 22.8 Å². The van der Waals surface area contributed by atoms with Gasteiger partial charge >= 0.3 is 0 Å². The zero-order valence-corrected chi connectivity index (χ0v) is 16.8. The van der Waals surface area contributed by atoms with Crippen LogP contribution in [0, 0.1) is 24.0 Å². The number of benzene rings is 2. The van der Waals surface area contributed by atoms with E-state index in [1.54, 1.807) is 18.2 Å². The quantitative estimate of drug-likeness (QED) is 0.424. The summed E-state index contributed by atoms with van der Waals surface area (Å²) in [6.07, 6.45) is 1.50. The van der Waals surface area contributed by atoms with Crippen molar-refractivity contribution in [2.45, 2.75) is 26.9 Å². The highest BCUT2D eigenvalue weighted by Gasteiger charge is 2.18. The van der Waals surface area contributed by atoms with Crippen LogP contribution in [-0.2, 0) is 9.59 Å². The molecule has 0 aliphatic rings. The summed E-state index contributed by atoms with van der Waals surface area (Å²) >= 11 is 5.98. The number of halogens is 1. The molecule has 0 heterocycles. The predicted molar refractivity (Wildman–Crippen MR) is 109 cm³/mol. The fraction of sp³-hybridized carbons (Fsp3) is 0.200. The Balaban J connectivity index is 1.93. The van der Waals surface area contributed by atoms with Gasteiger partial charge in [-0.2, -0.15) is 0 Å². The third kappa shape index (κ3) is 6.05. The molecule has 0 bridgehead atoms. The lowest BCUT2D eigenvalue weighted by Gasteiger charge is -2.18. The van der Waals surface area contributed by atoms with Crippen molar-refractivity contribution in [3.63, 3.8) is 0 Å². The number of para-hydroxylation sites is 1. The van der Waals surface area contributed by atoms with E-state index in [2.05, 4.69) is 10.9 Å². The Kier molecular flexibility index (Phi) is 7.33. The van der Waals surface area contributed by atoms with Gasteiger partial charge in [0, 0.05) is 17.2 Å². The molecule has 2 amide bonds. The maximum Gasteiger partial charge on any atom is 0.279 e.